The summed E-state index contributed by atoms with van der Waals surface area (Å²) in [5.74, 6) is -0.615. The van der Waals surface area contributed by atoms with Crippen molar-refractivity contribution in [1.29, 1.82) is 0 Å². The Morgan fingerprint density at radius 2 is 1.26 bits per heavy atom. The van der Waals surface area contributed by atoms with Gasteiger partial charge in [0.15, 0.2) is 0 Å². The average Bonchev–Trinajstić information content (AvgIpc) is 2.43. The first-order chi connectivity index (χ1) is 9.15. The van der Waals surface area contributed by atoms with E-state index in [0.717, 1.165) is 0 Å². The van der Waals surface area contributed by atoms with E-state index < -0.39 is 0 Å². The van der Waals surface area contributed by atoms with Crippen LogP contribution in [0.15, 0.2) is 53.7 Å². The van der Waals surface area contributed by atoms with E-state index in [1.807, 2.05) is 0 Å². The van der Waals surface area contributed by atoms with Gasteiger partial charge in [0.2, 0.25) is 0 Å². The molecular formula is C14H11F2NO2. The fraction of sp³-hybridized carbons (Fsp3) is 0. The van der Waals surface area contributed by atoms with Crippen molar-refractivity contribution in [2.24, 2.45) is 5.16 Å². The lowest BCUT2D eigenvalue weighted by Crippen LogP contribution is -1.80. The molecule has 0 aliphatic carbocycles. The van der Waals surface area contributed by atoms with Crippen LogP contribution >= 0.6 is 0 Å². The van der Waals surface area contributed by atoms with Gasteiger partial charge in [-0.1, -0.05) is 17.3 Å². The smallest absolute Gasteiger partial charge is 0.150 e. The first-order valence-electron chi connectivity index (χ1n) is 5.29. The maximum Gasteiger partial charge on any atom is 0.150 e. The molecule has 0 unspecified atom stereocenters. The van der Waals surface area contributed by atoms with Gasteiger partial charge in [0.1, 0.15) is 17.9 Å². The molecule has 1 N–H and O–H groups in total. The minimum Gasteiger partial charge on any atom is -0.411 e. The molecule has 0 saturated carbocycles. The molecule has 19 heavy (non-hydrogen) atoms. The summed E-state index contributed by atoms with van der Waals surface area (Å²) in [6.07, 6.45) is 1.92. The molecule has 2 rings (SSSR count). The largest absolute Gasteiger partial charge is 0.411 e. The van der Waals surface area contributed by atoms with Gasteiger partial charge in [-0.2, -0.15) is 0 Å². The lowest BCUT2D eigenvalue weighted by Gasteiger charge is -1.88. The molecule has 0 radical (unpaired) electrons. The molecule has 0 saturated heterocycles. The van der Waals surface area contributed by atoms with Crippen molar-refractivity contribution in [3.8, 4) is 0 Å². The van der Waals surface area contributed by atoms with E-state index in [2.05, 4.69) is 5.16 Å². The SMILES string of the molecule is O=Cc1ccc(F)cc1.ON=Cc1ccc(F)cc1. The number of rotatable bonds is 2. The molecule has 0 fully saturated rings. The second kappa shape index (κ2) is 7.71. The third kappa shape index (κ3) is 5.54. The van der Waals surface area contributed by atoms with Gasteiger partial charge >= 0.3 is 0 Å². The lowest BCUT2D eigenvalue weighted by molar-refractivity contribution is 0.112. The lowest BCUT2D eigenvalue weighted by atomic mass is 10.2. The highest BCUT2D eigenvalue weighted by atomic mass is 19.1. The standard InChI is InChI=1S/C7H6FNO.C7H5FO/c8-7-3-1-6(2-4-7)5-9-10;8-7-3-1-6(5-9)2-4-7/h1-5,10H;1-5H. The zero-order chi connectivity index (χ0) is 14.1. The Kier molecular flexibility index (Phi) is 5.88. The number of carbonyl (C=O) groups is 1. The molecule has 0 aromatic heterocycles. The molecule has 3 nitrogen and oxygen atoms in total. The Labute approximate surface area is 108 Å². The monoisotopic (exact) mass is 263 g/mol. The fourth-order valence-corrected chi connectivity index (χ4v) is 1.16. The van der Waals surface area contributed by atoms with Crippen LogP contribution in [0.25, 0.3) is 0 Å². The van der Waals surface area contributed by atoms with Crippen molar-refractivity contribution in [3.63, 3.8) is 0 Å². The number of nitrogens with zero attached hydrogens (tertiary/aromatic N) is 1. The van der Waals surface area contributed by atoms with Crippen molar-refractivity contribution in [2.45, 2.75) is 0 Å². The van der Waals surface area contributed by atoms with E-state index >= 15 is 0 Å². The quantitative estimate of drug-likeness (QED) is 0.391. The van der Waals surface area contributed by atoms with Crippen LogP contribution in [0.5, 0.6) is 0 Å². The van der Waals surface area contributed by atoms with Crippen molar-refractivity contribution in [2.75, 3.05) is 0 Å². The predicted octanol–water partition coefficient (Wildman–Crippen LogP) is 3.27. The molecule has 2 aromatic carbocycles. The molecule has 98 valence electrons. The summed E-state index contributed by atoms with van der Waals surface area (Å²) in [4.78, 5) is 10.00. The van der Waals surface area contributed by atoms with Crippen molar-refractivity contribution in [1.82, 2.24) is 0 Å². The number of carbonyl (C=O) groups excluding carboxylic acids is 1. The van der Waals surface area contributed by atoms with Crippen LogP contribution in [-0.4, -0.2) is 17.7 Å². The van der Waals surface area contributed by atoms with Crippen LogP contribution in [0.3, 0.4) is 0 Å². The average molecular weight is 263 g/mol. The molecule has 2 aromatic rings. The maximum absolute atomic E-state index is 12.2. The first-order valence-corrected chi connectivity index (χ1v) is 5.29. The Bertz CT molecular complexity index is 536. The van der Waals surface area contributed by atoms with Crippen LogP contribution in [0.4, 0.5) is 8.78 Å². The van der Waals surface area contributed by atoms with E-state index in [1.165, 1.54) is 54.7 Å². The van der Waals surface area contributed by atoms with Crippen LogP contribution < -0.4 is 0 Å². The Balaban J connectivity index is 0.000000191. The molecular weight excluding hydrogens is 252 g/mol. The summed E-state index contributed by atoms with van der Waals surface area (Å²) in [6.45, 7) is 0. The summed E-state index contributed by atoms with van der Waals surface area (Å²) in [6, 6.07) is 11.0. The van der Waals surface area contributed by atoms with Gasteiger partial charge in [0, 0.05) is 5.56 Å². The van der Waals surface area contributed by atoms with Gasteiger partial charge in [0.25, 0.3) is 0 Å². The zero-order valence-corrected chi connectivity index (χ0v) is 9.83. The van der Waals surface area contributed by atoms with Gasteiger partial charge < -0.3 is 5.21 Å². The Morgan fingerprint density at radius 3 is 1.63 bits per heavy atom. The maximum atomic E-state index is 12.2. The minimum atomic E-state index is -0.319. The first kappa shape index (κ1) is 14.5. The topological polar surface area (TPSA) is 49.7 Å². The zero-order valence-electron chi connectivity index (χ0n) is 9.83. The summed E-state index contributed by atoms with van der Waals surface area (Å²) in [7, 11) is 0. The Morgan fingerprint density at radius 1 is 0.842 bits per heavy atom. The third-order valence-electron chi connectivity index (χ3n) is 2.08. The van der Waals surface area contributed by atoms with Crippen molar-refractivity contribution in [3.05, 3.63) is 71.3 Å². The molecule has 0 bridgehead atoms. The van der Waals surface area contributed by atoms with E-state index in [4.69, 9.17) is 5.21 Å². The van der Waals surface area contributed by atoms with E-state index in [1.54, 1.807) is 0 Å². The molecule has 0 heterocycles. The van der Waals surface area contributed by atoms with Crippen LogP contribution in [0.2, 0.25) is 0 Å². The third-order valence-corrected chi connectivity index (χ3v) is 2.08. The highest BCUT2D eigenvalue weighted by Gasteiger charge is 1.88. The highest BCUT2D eigenvalue weighted by molar-refractivity contribution is 5.78. The summed E-state index contributed by atoms with van der Waals surface area (Å²) < 4.78 is 24.3. The number of benzene rings is 2. The van der Waals surface area contributed by atoms with Gasteiger partial charge in [-0.3, -0.25) is 4.79 Å². The number of oxime groups is 1. The van der Waals surface area contributed by atoms with Gasteiger partial charge in [-0.25, -0.2) is 8.78 Å². The van der Waals surface area contributed by atoms with Crippen LogP contribution in [0.1, 0.15) is 15.9 Å². The molecule has 0 atom stereocenters. The fourth-order valence-electron chi connectivity index (χ4n) is 1.16. The van der Waals surface area contributed by atoms with E-state index in [-0.39, 0.29) is 11.6 Å². The summed E-state index contributed by atoms with van der Waals surface area (Å²) >= 11 is 0. The number of hydrogen-bond donors (Lipinski definition) is 1. The number of hydrogen-bond acceptors (Lipinski definition) is 3. The van der Waals surface area contributed by atoms with Gasteiger partial charge in [-0.15, -0.1) is 0 Å². The molecule has 0 aliphatic rings. The minimum absolute atomic E-state index is 0.296. The van der Waals surface area contributed by atoms with Gasteiger partial charge in [-0.05, 0) is 42.0 Å². The van der Waals surface area contributed by atoms with E-state index in [9.17, 15) is 13.6 Å². The van der Waals surface area contributed by atoms with E-state index in [0.29, 0.717) is 17.4 Å². The molecule has 0 aliphatic heterocycles. The number of aldehydes is 1. The Hall–Kier alpha value is -2.56. The summed E-state index contributed by atoms with van der Waals surface area (Å²) in [5.41, 5.74) is 1.17. The second-order valence-electron chi connectivity index (χ2n) is 3.47. The second-order valence-corrected chi connectivity index (χ2v) is 3.47. The normalized spacial score (nSPS) is 9.79. The predicted molar refractivity (Wildman–Crippen MR) is 67.6 cm³/mol. The summed E-state index contributed by atoms with van der Waals surface area (Å²) in [5, 5.41) is 10.9. The van der Waals surface area contributed by atoms with Crippen molar-refractivity contribution < 1.29 is 18.8 Å². The van der Waals surface area contributed by atoms with Crippen molar-refractivity contribution >= 4 is 12.5 Å². The molecule has 0 spiro atoms. The van der Waals surface area contributed by atoms with Crippen LogP contribution in [-0.2, 0) is 0 Å². The number of halogens is 2. The highest BCUT2D eigenvalue weighted by Crippen LogP contribution is 1.99. The molecule has 5 heteroatoms. The van der Waals surface area contributed by atoms with Crippen LogP contribution in [0, 0.1) is 11.6 Å². The van der Waals surface area contributed by atoms with Gasteiger partial charge in [0.05, 0.1) is 6.21 Å². The molecule has 0 amide bonds.